The Morgan fingerprint density at radius 3 is 2.73 bits per heavy atom. The van der Waals surface area contributed by atoms with Gasteiger partial charge in [-0.05, 0) is 30.9 Å². The van der Waals surface area contributed by atoms with Crippen LogP contribution in [0.5, 0.6) is 0 Å². The van der Waals surface area contributed by atoms with Gasteiger partial charge in [0.1, 0.15) is 5.76 Å². The van der Waals surface area contributed by atoms with E-state index in [0.717, 1.165) is 35.9 Å². The Kier molecular flexibility index (Phi) is 4.96. The highest BCUT2D eigenvalue weighted by Gasteiger charge is 2.23. The summed E-state index contributed by atoms with van der Waals surface area (Å²) in [5.41, 5.74) is 0. The molecule has 26 heavy (non-hydrogen) atoms. The normalized spacial score (nSPS) is 15.7. The van der Waals surface area contributed by atoms with Gasteiger partial charge in [-0.2, -0.15) is 0 Å². The quantitative estimate of drug-likeness (QED) is 0.608. The van der Waals surface area contributed by atoms with Gasteiger partial charge in [-0.1, -0.05) is 18.7 Å². The number of thioether (sulfide) groups is 1. The van der Waals surface area contributed by atoms with Gasteiger partial charge in [0.15, 0.2) is 5.16 Å². The van der Waals surface area contributed by atoms with Crippen molar-refractivity contribution in [2.75, 3.05) is 18.0 Å². The largest absolute Gasteiger partial charge is 0.467 e. The van der Waals surface area contributed by atoms with E-state index in [0.29, 0.717) is 24.1 Å². The molecule has 0 N–H and O–H groups in total. The Morgan fingerprint density at radius 1 is 1.19 bits per heavy atom. The average molecular weight is 374 g/mol. The van der Waals surface area contributed by atoms with Crippen LogP contribution in [0.15, 0.2) is 32.4 Å². The molecule has 8 nitrogen and oxygen atoms in total. The molecule has 0 bridgehead atoms. The lowest BCUT2D eigenvalue weighted by molar-refractivity contribution is 0.427. The minimum atomic E-state index is 0.564. The van der Waals surface area contributed by atoms with Gasteiger partial charge in [0.05, 0.1) is 18.6 Å². The summed E-state index contributed by atoms with van der Waals surface area (Å²) in [6, 6.07) is 3.87. The summed E-state index contributed by atoms with van der Waals surface area (Å²) >= 11 is 1.55. The second kappa shape index (κ2) is 7.53. The van der Waals surface area contributed by atoms with Crippen LogP contribution in [0.4, 0.5) is 5.95 Å². The highest BCUT2D eigenvalue weighted by Crippen LogP contribution is 2.28. The van der Waals surface area contributed by atoms with Crippen LogP contribution in [0.1, 0.15) is 37.3 Å². The predicted molar refractivity (Wildman–Crippen MR) is 97.0 cm³/mol. The standard InChI is InChI=1S/C17H22N6O2S/c1-12-5-7-22(8-6-12)16-20-21-17(23(16)10-14-4-3-9-24-14)26-11-15-19-18-13(2)25-15/h3-4,9,12H,5-8,10-11H2,1-2H3. The van der Waals surface area contributed by atoms with E-state index in [4.69, 9.17) is 8.83 Å². The molecule has 1 aliphatic rings. The Bertz CT molecular complexity index is 835. The summed E-state index contributed by atoms with van der Waals surface area (Å²) < 4.78 is 13.1. The Balaban J connectivity index is 1.56. The molecule has 138 valence electrons. The number of rotatable bonds is 6. The van der Waals surface area contributed by atoms with Crippen LogP contribution in [-0.4, -0.2) is 38.1 Å². The number of aryl methyl sites for hydroxylation is 1. The third-order valence-corrected chi connectivity index (χ3v) is 5.50. The highest BCUT2D eigenvalue weighted by molar-refractivity contribution is 7.98. The zero-order chi connectivity index (χ0) is 17.9. The summed E-state index contributed by atoms with van der Waals surface area (Å²) in [7, 11) is 0. The fourth-order valence-corrected chi connectivity index (χ4v) is 3.82. The summed E-state index contributed by atoms with van der Waals surface area (Å²) in [5, 5.41) is 17.6. The van der Waals surface area contributed by atoms with Crippen LogP contribution in [0.3, 0.4) is 0 Å². The lowest BCUT2D eigenvalue weighted by Crippen LogP contribution is -2.35. The van der Waals surface area contributed by atoms with Gasteiger partial charge in [0.25, 0.3) is 0 Å². The van der Waals surface area contributed by atoms with Crippen molar-refractivity contribution in [1.82, 2.24) is 25.0 Å². The lowest BCUT2D eigenvalue weighted by Gasteiger charge is -2.31. The van der Waals surface area contributed by atoms with Crippen molar-refractivity contribution in [3.8, 4) is 0 Å². The van der Waals surface area contributed by atoms with Crippen LogP contribution >= 0.6 is 11.8 Å². The van der Waals surface area contributed by atoms with Gasteiger partial charge >= 0.3 is 0 Å². The van der Waals surface area contributed by atoms with Gasteiger partial charge in [0.2, 0.25) is 17.7 Å². The van der Waals surface area contributed by atoms with E-state index in [9.17, 15) is 0 Å². The molecule has 4 rings (SSSR count). The number of furan rings is 1. The highest BCUT2D eigenvalue weighted by atomic mass is 32.2. The van der Waals surface area contributed by atoms with Gasteiger partial charge in [-0.25, -0.2) is 0 Å². The van der Waals surface area contributed by atoms with Crippen molar-refractivity contribution in [2.45, 2.75) is 44.1 Å². The summed E-state index contributed by atoms with van der Waals surface area (Å²) in [4.78, 5) is 2.32. The minimum Gasteiger partial charge on any atom is -0.467 e. The first-order valence-electron chi connectivity index (χ1n) is 8.81. The van der Waals surface area contributed by atoms with Crippen molar-refractivity contribution in [2.24, 2.45) is 5.92 Å². The maximum atomic E-state index is 5.54. The molecule has 0 saturated carbocycles. The van der Waals surface area contributed by atoms with Crippen molar-refractivity contribution in [3.63, 3.8) is 0 Å². The van der Waals surface area contributed by atoms with Gasteiger partial charge in [0, 0.05) is 20.0 Å². The first kappa shape index (κ1) is 17.1. The molecule has 0 aromatic carbocycles. The molecule has 0 unspecified atom stereocenters. The third kappa shape index (κ3) is 3.77. The number of piperidine rings is 1. The molecule has 4 heterocycles. The topological polar surface area (TPSA) is 86.0 Å². The van der Waals surface area contributed by atoms with Crippen LogP contribution in [0.25, 0.3) is 0 Å². The van der Waals surface area contributed by atoms with Crippen molar-refractivity contribution >= 4 is 17.7 Å². The van der Waals surface area contributed by atoms with E-state index >= 15 is 0 Å². The monoisotopic (exact) mass is 374 g/mol. The molecule has 1 saturated heterocycles. The van der Waals surface area contributed by atoms with Crippen LogP contribution < -0.4 is 4.90 Å². The lowest BCUT2D eigenvalue weighted by atomic mass is 10.00. The first-order chi connectivity index (χ1) is 12.7. The fraction of sp³-hybridized carbons (Fsp3) is 0.529. The van der Waals surface area contributed by atoms with Gasteiger partial charge in [-0.15, -0.1) is 20.4 Å². The zero-order valence-corrected chi connectivity index (χ0v) is 15.8. The van der Waals surface area contributed by atoms with Crippen LogP contribution in [0, 0.1) is 12.8 Å². The van der Waals surface area contributed by atoms with Crippen molar-refractivity contribution in [1.29, 1.82) is 0 Å². The molecule has 3 aromatic rings. The number of anilines is 1. The van der Waals surface area contributed by atoms with E-state index < -0.39 is 0 Å². The molecular formula is C17H22N6O2S. The first-order valence-corrected chi connectivity index (χ1v) is 9.80. The number of hydrogen-bond donors (Lipinski definition) is 0. The molecule has 0 radical (unpaired) electrons. The molecule has 1 aliphatic heterocycles. The molecule has 3 aromatic heterocycles. The third-order valence-electron chi connectivity index (χ3n) is 4.55. The van der Waals surface area contributed by atoms with E-state index in [1.165, 1.54) is 12.8 Å². The van der Waals surface area contributed by atoms with E-state index in [1.54, 1.807) is 24.9 Å². The van der Waals surface area contributed by atoms with Crippen molar-refractivity contribution < 1.29 is 8.83 Å². The Labute approximate surface area is 156 Å². The SMILES string of the molecule is Cc1nnc(CSc2nnc(N3CCC(C)CC3)n2Cc2ccco2)o1. The maximum Gasteiger partial charge on any atom is 0.228 e. The summed E-state index contributed by atoms with van der Waals surface area (Å²) in [6.07, 6.45) is 4.05. The number of hydrogen-bond acceptors (Lipinski definition) is 8. The molecule has 0 atom stereocenters. The fourth-order valence-electron chi connectivity index (χ4n) is 3.05. The van der Waals surface area contributed by atoms with Gasteiger partial charge < -0.3 is 13.7 Å². The Hall–Kier alpha value is -2.29. The van der Waals surface area contributed by atoms with E-state index in [2.05, 4.69) is 36.8 Å². The molecule has 9 heteroatoms. The number of aromatic nitrogens is 5. The Morgan fingerprint density at radius 2 is 2.04 bits per heavy atom. The zero-order valence-electron chi connectivity index (χ0n) is 15.0. The summed E-state index contributed by atoms with van der Waals surface area (Å²) in [6.45, 7) is 6.71. The van der Waals surface area contributed by atoms with Crippen LogP contribution in [-0.2, 0) is 12.3 Å². The van der Waals surface area contributed by atoms with Gasteiger partial charge in [-0.3, -0.25) is 4.57 Å². The van der Waals surface area contributed by atoms with E-state index in [-0.39, 0.29) is 0 Å². The van der Waals surface area contributed by atoms with E-state index in [1.807, 2.05) is 12.1 Å². The second-order valence-corrected chi connectivity index (χ2v) is 7.56. The van der Waals surface area contributed by atoms with Crippen molar-refractivity contribution in [3.05, 3.63) is 35.9 Å². The molecule has 0 spiro atoms. The molecule has 0 aliphatic carbocycles. The predicted octanol–water partition coefficient (Wildman–Crippen LogP) is 3.14. The molecule has 1 fully saturated rings. The maximum absolute atomic E-state index is 5.54. The number of nitrogens with zero attached hydrogens (tertiary/aromatic N) is 6. The average Bonchev–Trinajstić information content (AvgIpc) is 3.37. The molecular weight excluding hydrogens is 352 g/mol. The minimum absolute atomic E-state index is 0.564. The second-order valence-electron chi connectivity index (χ2n) is 6.62. The van der Waals surface area contributed by atoms with Crippen LogP contribution in [0.2, 0.25) is 0 Å². The smallest absolute Gasteiger partial charge is 0.228 e. The summed E-state index contributed by atoms with van der Waals surface area (Å²) in [5.74, 6) is 4.27. The molecule has 0 amide bonds.